The van der Waals surface area contributed by atoms with E-state index in [1.54, 1.807) is 0 Å². The summed E-state index contributed by atoms with van der Waals surface area (Å²) in [6.07, 6.45) is 6.64. The van der Waals surface area contributed by atoms with E-state index in [0.717, 1.165) is 18.7 Å². The van der Waals surface area contributed by atoms with Crippen LogP contribution in [0.5, 0.6) is 0 Å². The number of hydrogen-bond donors (Lipinski definition) is 0. The van der Waals surface area contributed by atoms with Gasteiger partial charge in [-0.1, -0.05) is 24.3 Å². The van der Waals surface area contributed by atoms with Gasteiger partial charge in [-0.05, 0) is 61.7 Å². The molecule has 0 N–H and O–H groups in total. The van der Waals surface area contributed by atoms with Crippen molar-refractivity contribution in [3.8, 4) is 22.3 Å². The summed E-state index contributed by atoms with van der Waals surface area (Å²) >= 11 is 0. The van der Waals surface area contributed by atoms with Crippen LogP contribution in [0.4, 0.5) is 8.78 Å². The van der Waals surface area contributed by atoms with Gasteiger partial charge >= 0.3 is 0 Å². The maximum atomic E-state index is 14.6. The van der Waals surface area contributed by atoms with Crippen molar-refractivity contribution in [1.29, 1.82) is 0 Å². The van der Waals surface area contributed by atoms with Crippen LogP contribution in [0.2, 0.25) is 0 Å². The highest BCUT2D eigenvalue weighted by atomic mass is 19.1. The van der Waals surface area contributed by atoms with Gasteiger partial charge in [-0.25, -0.2) is 18.7 Å². The van der Waals surface area contributed by atoms with Crippen LogP contribution in [-0.2, 0) is 0 Å². The zero-order valence-electron chi connectivity index (χ0n) is 15.2. The Kier molecular flexibility index (Phi) is 4.94. The lowest BCUT2D eigenvalue weighted by Gasteiger charge is -2.24. The fraction of sp³-hybridized carbons (Fsp3) is 0.273. The van der Waals surface area contributed by atoms with E-state index < -0.39 is 11.6 Å². The molecule has 2 aromatic carbocycles. The lowest BCUT2D eigenvalue weighted by Crippen LogP contribution is -2.23. The van der Waals surface area contributed by atoms with Crippen molar-refractivity contribution in [1.82, 2.24) is 14.9 Å². The summed E-state index contributed by atoms with van der Waals surface area (Å²) in [7, 11) is 0. The Labute approximate surface area is 157 Å². The molecule has 1 aliphatic rings. The number of likely N-dealkylation sites (tertiary alicyclic amines) is 1. The quantitative estimate of drug-likeness (QED) is 0.633. The minimum Gasteiger partial charge on any atom is -0.297 e. The Balaban J connectivity index is 1.62. The highest BCUT2D eigenvalue weighted by molar-refractivity contribution is 5.71. The molecular weight excluding hydrogens is 344 g/mol. The Hall–Kier alpha value is -2.66. The maximum absolute atomic E-state index is 14.6. The number of nitrogens with zero attached hydrogens (tertiary/aromatic N) is 3. The molecule has 138 valence electrons. The predicted octanol–water partition coefficient (Wildman–Crippen LogP) is 5.25. The Morgan fingerprint density at radius 2 is 1.44 bits per heavy atom. The van der Waals surface area contributed by atoms with Crippen LogP contribution in [-0.4, -0.2) is 28.0 Å². The van der Waals surface area contributed by atoms with Crippen LogP contribution in [0.3, 0.4) is 0 Å². The zero-order valence-corrected chi connectivity index (χ0v) is 15.2. The number of halogens is 2. The topological polar surface area (TPSA) is 29.0 Å². The van der Waals surface area contributed by atoms with Gasteiger partial charge in [0.05, 0.1) is 5.56 Å². The summed E-state index contributed by atoms with van der Waals surface area (Å²) < 4.78 is 29.2. The molecule has 1 atom stereocenters. The van der Waals surface area contributed by atoms with Crippen LogP contribution < -0.4 is 0 Å². The van der Waals surface area contributed by atoms with E-state index >= 15 is 0 Å². The van der Waals surface area contributed by atoms with Crippen molar-refractivity contribution in [2.75, 3.05) is 13.1 Å². The van der Waals surface area contributed by atoms with E-state index in [0.29, 0.717) is 17.2 Å². The van der Waals surface area contributed by atoms with E-state index in [4.69, 9.17) is 0 Å². The second kappa shape index (κ2) is 7.53. The number of aromatic nitrogens is 2. The smallest absolute Gasteiger partial charge is 0.134 e. The van der Waals surface area contributed by atoms with Gasteiger partial charge in [-0.15, -0.1) is 0 Å². The van der Waals surface area contributed by atoms with E-state index in [9.17, 15) is 8.78 Å². The van der Waals surface area contributed by atoms with Crippen LogP contribution in [0.25, 0.3) is 22.3 Å². The second-order valence-corrected chi connectivity index (χ2v) is 6.98. The number of hydrogen-bond acceptors (Lipinski definition) is 3. The van der Waals surface area contributed by atoms with E-state index in [1.165, 1.54) is 49.3 Å². The molecular formula is C22H21F2N3. The molecule has 1 unspecified atom stereocenters. The third-order valence-corrected chi connectivity index (χ3v) is 5.31. The van der Waals surface area contributed by atoms with Gasteiger partial charge in [0, 0.05) is 24.0 Å². The van der Waals surface area contributed by atoms with Crippen molar-refractivity contribution < 1.29 is 8.78 Å². The third kappa shape index (κ3) is 3.60. The molecule has 3 aromatic rings. The molecule has 0 bridgehead atoms. The predicted molar refractivity (Wildman–Crippen MR) is 102 cm³/mol. The molecule has 0 saturated carbocycles. The van der Waals surface area contributed by atoms with Crippen LogP contribution in [0.1, 0.15) is 31.4 Å². The van der Waals surface area contributed by atoms with Gasteiger partial charge in [-0.2, -0.15) is 0 Å². The normalized spacial score (nSPS) is 15.8. The SMILES string of the molecule is CC(c1ccc(-c2cc(F)c(-c3cncnc3)c(F)c2)cc1)N1CCCC1. The molecule has 4 rings (SSSR count). The number of rotatable bonds is 4. The van der Waals surface area contributed by atoms with Crippen LogP contribution in [0.15, 0.2) is 55.1 Å². The molecule has 0 aliphatic carbocycles. The summed E-state index contributed by atoms with van der Waals surface area (Å²) in [6, 6.07) is 11.0. The molecule has 1 fully saturated rings. The van der Waals surface area contributed by atoms with Gasteiger partial charge in [0.2, 0.25) is 0 Å². The van der Waals surface area contributed by atoms with Gasteiger partial charge in [0.25, 0.3) is 0 Å². The van der Waals surface area contributed by atoms with E-state index in [-0.39, 0.29) is 5.56 Å². The zero-order chi connectivity index (χ0) is 18.8. The molecule has 0 amide bonds. The Morgan fingerprint density at radius 1 is 0.852 bits per heavy atom. The molecule has 1 saturated heterocycles. The third-order valence-electron chi connectivity index (χ3n) is 5.31. The van der Waals surface area contributed by atoms with E-state index in [2.05, 4.69) is 21.8 Å². The van der Waals surface area contributed by atoms with E-state index in [1.807, 2.05) is 24.3 Å². The van der Waals surface area contributed by atoms with Crippen LogP contribution >= 0.6 is 0 Å². The molecule has 2 heterocycles. The highest BCUT2D eigenvalue weighted by Crippen LogP contribution is 2.32. The number of benzene rings is 2. The summed E-state index contributed by atoms with van der Waals surface area (Å²) in [6.45, 7) is 4.46. The highest BCUT2D eigenvalue weighted by Gasteiger charge is 2.19. The molecule has 5 heteroatoms. The first kappa shape index (κ1) is 17.7. The standard InChI is InChI=1S/C22H21F2N3/c1-15(27-8-2-3-9-27)16-4-6-17(7-5-16)18-10-20(23)22(21(24)11-18)19-12-25-14-26-13-19/h4-7,10-15H,2-3,8-9H2,1H3. The Bertz CT molecular complexity index is 897. The van der Waals surface area contributed by atoms with Crippen molar-refractivity contribution in [3.05, 3.63) is 72.3 Å². The second-order valence-electron chi connectivity index (χ2n) is 6.98. The average molecular weight is 365 g/mol. The van der Waals surface area contributed by atoms with Crippen molar-refractivity contribution in [2.24, 2.45) is 0 Å². The molecule has 0 radical (unpaired) electrons. The lowest BCUT2D eigenvalue weighted by molar-refractivity contribution is 0.263. The fourth-order valence-electron chi connectivity index (χ4n) is 3.74. The molecule has 3 nitrogen and oxygen atoms in total. The molecule has 1 aliphatic heterocycles. The largest absolute Gasteiger partial charge is 0.297 e. The van der Waals surface area contributed by atoms with Crippen molar-refractivity contribution in [3.63, 3.8) is 0 Å². The summed E-state index contributed by atoms with van der Waals surface area (Å²) in [4.78, 5) is 10.1. The van der Waals surface area contributed by atoms with Gasteiger partial charge in [0.1, 0.15) is 18.0 Å². The summed E-state index contributed by atoms with van der Waals surface area (Å²) in [5, 5.41) is 0. The van der Waals surface area contributed by atoms with Crippen molar-refractivity contribution >= 4 is 0 Å². The van der Waals surface area contributed by atoms with Gasteiger partial charge in [0.15, 0.2) is 0 Å². The fourth-order valence-corrected chi connectivity index (χ4v) is 3.74. The summed E-state index contributed by atoms with van der Waals surface area (Å²) in [5.74, 6) is -1.23. The average Bonchev–Trinajstić information content (AvgIpc) is 3.23. The maximum Gasteiger partial charge on any atom is 0.134 e. The molecule has 27 heavy (non-hydrogen) atoms. The summed E-state index contributed by atoms with van der Waals surface area (Å²) in [5.41, 5.74) is 2.76. The monoisotopic (exact) mass is 365 g/mol. The molecule has 0 spiro atoms. The lowest BCUT2D eigenvalue weighted by atomic mass is 9.98. The van der Waals surface area contributed by atoms with Gasteiger partial charge in [-0.3, -0.25) is 4.90 Å². The van der Waals surface area contributed by atoms with Crippen LogP contribution in [0, 0.1) is 11.6 Å². The minimum atomic E-state index is -0.616. The molecule has 1 aromatic heterocycles. The van der Waals surface area contributed by atoms with Crippen molar-refractivity contribution in [2.45, 2.75) is 25.8 Å². The Morgan fingerprint density at radius 3 is 2.04 bits per heavy atom. The first-order valence-electron chi connectivity index (χ1n) is 9.22. The minimum absolute atomic E-state index is 0.0985. The van der Waals surface area contributed by atoms with Gasteiger partial charge < -0.3 is 0 Å². The first-order valence-corrected chi connectivity index (χ1v) is 9.22. The first-order chi connectivity index (χ1) is 13.1.